The normalized spacial score (nSPS) is 14.1. The number of halogens is 3. The van der Waals surface area contributed by atoms with Gasteiger partial charge in [-0.1, -0.05) is 34.8 Å². The minimum atomic E-state index is -2.50. The van der Waals surface area contributed by atoms with Gasteiger partial charge >= 0.3 is 15.1 Å². The van der Waals surface area contributed by atoms with Crippen molar-refractivity contribution in [3.63, 3.8) is 0 Å². The van der Waals surface area contributed by atoms with E-state index >= 15 is 0 Å². The van der Waals surface area contributed by atoms with Crippen molar-refractivity contribution >= 4 is 50.0 Å². The Bertz CT molecular complexity index is 179. The first-order chi connectivity index (χ1) is 6.79. The lowest BCUT2D eigenvalue weighted by molar-refractivity contribution is -0.000635. The Morgan fingerprint density at radius 3 is 0.938 bits per heavy atom. The Kier molecular flexibility index (Phi) is 6.43. The van der Waals surface area contributed by atoms with Crippen LogP contribution < -0.4 is 0 Å². The van der Waals surface area contributed by atoms with E-state index in [0.29, 0.717) is 0 Å². The summed E-state index contributed by atoms with van der Waals surface area (Å²) < 4.78 is 16.4. The van der Waals surface area contributed by atoms with Gasteiger partial charge in [0.15, 0.2) is 0 Å². The van der Waals surface area contributed by atoms with Gasteiger partial charge in [0.2, 0.25) is 0 Å². The van der Waals surface area contributed by atoms with E-state index in [2.05, 4.69) is 0 Å². The average molecular weight is 308 g/mol. The first kappa shape index (κ1) is 17.3. The lowest BCUT2D eigenvalue weighted by atomic mass is 10.5. The molecule has 0 saturated heterocycles. The van der Waals surface area contributed by atoms with Gasteiger partial charge in [0.05, 0.1) is 0 Å². The summed E-state index contributed by atoms with van der Waals surface area (Å²) >= 11 is 15.4. The molecule has 0 bridgehead atoms. The number of hydrogen-bond acceptors (Lipinski definition) is 3. The van der Waals surface area contributed by atoms with Gasteiger partial charge in [-0.15, -0.1) is 0 Å². The molecule has 0 amide bonds. The SMILES string of the molecule is CC(C)(Cl)[O][Al]([O]C(C)(C)Cl)[O]C(C)(C)Cl. The van der Waals surface area contributed by atoms with E-state index in [9.17, 15) is 0 Å². The molecule has 0 heterocycles. The highest BCUT2D eigenvalue weighted by molar-refractivity contribution is 6.41. The van der Waals surface area contributed by atoms with Crippen molar-refractivity contribution in [2.24, 2.45) is 0 Å². The summed E-state index contributed by atoms with van der Waals surface area (Å²) in [5.74, 6) is 0. The zero-order valence-corrected chi connectivity index (χ0v) is 13.9. The van der Waals surface area contributed by atoms with Crippen molar-refractivity contribution in [3.05, 3.63) is 0 Å². The van der Waals surface area contributed by atoms with Crippen molar-refractivity contribution in [3.8, 4) is 0 Å². The number of rotatable bonds is 6. The van der Waals surface area contributed by atoms with E-state index in [0.717, 1.165) is 0 Å². The van der Waals surface area contributed by atoms with Gasteiger partial charge in [0, 0.05) is 0 Å². The monoisotopic (exact) mass is 306 g/mol. The zero-order valence-electron chi connectivity index (χ0n) is 10.4. The second-order valence-electron chi connectivity index (χ2n) is 4.73. The van der Waals surface area contributed by atoms with Crippen molar-refractivity contribution in [2.75, 3.05) is 0 Å². The fourth-order valence-corrected chi connectivity index (χ4v) is 2.93. The fourth-order valence-electron chi connectivity index (χ4n) is 0.759. The highest BCUT2D eigenvalue weighted by Gasteiger charge is 2.44. The lowest BCUT2D eigenvalue weighted by Crippen LogP contribution is -2.42. The molecule has 16 heavy (non-hydrogen) atoms. The van der Waals surface area contributed by atoms with Crippen LogP contribution in [-0.2, 0) is 11.4 Å². The summed E-state index contributed by atoms with van der Waals surface area (Å²) in [5.41, 5.74) is 0. The molecule has 0 aliphatic carbocycles. The second kappa shape index (κ2) is 5.95. The highest BCUT2D eigenvalue weighted by atomic mass is 35.5. The van der Waals surface area contributed by atoms with Crippen molar-refractivity contribution in [1.29, 1.82) is 0 Å². The van der Waals surface area contributed by atoms with Crippen LogP contribution in [0.2, 0.25) is 0 Å². The van der Waals surface area contributed by atoms with Crippen LogP contribution in [0.15, 0.2) is 0 Å². The molecule has 0 aliphatic heterocycles. The quantitative estimate of drug-likeness (QED) is 0.549. The Morgan fingerprint density at radius 1 is 0.625 bits per heavy atom. The number of alkyl halides is 3. The molecule has 96 valence electrons. The third-order valence-corrected chi connectivity index (χ3v) is 4.19. The van der Waals surface area contributed by atoms with E-state index in [1.807, 2.05) is 0 Å². The fraction of sp³-hybridized carbons (Fsp3) is 1.00. The summed E-state index contributed by atoms with van der Waals surface area (Å²) in [4.78, 5) is 0. The van der Waals surface area contributed by atoms with E-state index in [4.69, 9.17) is 46.2 Å². The van der Waals surface area contributed by atoms with Crippen LogP contribution in [0.25, 0.3) is 0 Å². The predicted octanol–water partition coefficient (Wildman–Crippen LogP) is 3.95. The molecule has 0 N–H and O–H groups in total. The molecule has 0 aromatic heterocycles. The largest absolute Gasteiger partial charge is 0.909 e. The summed E-state index contributed by atoms with van der Waals surface area (Å²) in [6.07, 6.45) is 0. The molecular formula is C9H18AlCl3O3. The molecule has 0 spiro atoms. The van der Waals surface area contributed by atoms with Gasteiger partial charge in [0.25, 0.3) is 0 Å². The predicted molar refractivity (Wildman–Crippen MR) is 68.8 cm³/mol. The minimum absolute atomic E-state index is 0.874. The van der Waals surface area contributed by atoms with Crippen molar-refractivity contribution in [1.82, 2.24) is 0 Å². The Hall–Kier alpha value is 1.28. The molecule has 7 heteroatoms. The van der Waals surface area contributed by atoms with Crippen LogP contribution in [0.3, 0.4) is 0 Å². The molecule has 0 aromatic carbocycles. The third-order valence-electron chi connectivity index (χ3n) is 1.13. The van der Waals surface area contributed by atoms with Crippen molar-refractivity contribution < 1.29 is 11.4 Å². The maximum Gasteiger partial charge on any atom is 0.909 e. The van der Waals surface area contributed by atoms with Crippen LogP contribution in [-0.4, -0.2) is 30.3 Å². The first-order valence-corrected chi connectivity index (χ1v) is 7.43. The third kappa shape index (κ3) is 11.8. The molecular weight excluding hydrogens is 289 g/mol. The van der Waals surface area contributed by atoms with Gasteiger partial charge in [-0.25, -0.2) is 0 Å². The van der Waals surface area contributed by atoms with Gasteiger partial charge in [-0.2, -0.15) is 0 Å². The summed E-state index contributed by atoms with van der Waals surface area (Å²) in [5, 5.41) is -2.62. The topological polar surface area (TPSA) is 27.7 Å². The van der Waals surface area contributed by atoms with Crippen LogP contribution in [0.4, 0.5) is 0 Å². The van der Waals surface area contributed by atoms with Crippen LogP contribution >= 0.6 is 34.8 Å². The zero-order chi connectivity index (χ0) is 13.2. The lowest BCUT2D eigenvalue weighted by Gasteiger charge is -2.30. The van der Waals surface area contributed by atoms with E-state index in [1.54, 1.807) is 41.5 Å². The van der Waals surface area contributed by atoms with Crippen molar-refractivity contribution in [2.45, 2.75) is 56.7 Å². The van der Waals surface area contributed by atoms with E-state index < -0.39 is 30.3 Å². The van der Waals surface area contributed by atoms with Crippen LogP contribution in [0.5, 0.6) is 0 Å². The maximum absolute atomic E-state index is 5.95. The highest BCUT2D eigenvalue weighted by Crippen LogP contribution is 2.26. The minimum Gasteiger partial charge on any atom is -0.438 e. The molecule has 3 nitrogen and oxygen atoms in total. The maximum atomic E-state index is 5.95. The van der Waals surface area contributed by atoms with E-state index in [-0.39, 0.29) is 0 Å². The second-order valence-corrected chi connectivity index (χ2v) is 8.75. The Morgan fingerprint density at radius 2 is 0.812 bits per heavy atom. The molecule has 0 atom stereocenters. The van der Waals surface area contributed by atoms with Crippen LogP contribution in [0.1, 0.15) is 41.5 Å². The average Bonchev–Trinajstić information content (AvgIpc) is 1.70. The molecule has 0 unspecified atom stereocenters. The molecule has 0 aromatic rings. The molecule has 0 radical (unpaired) electrons. The standard InChI is InChI=1S/3C3H6ClO.Al/c3*1-3(2,4)5;/h3*1-2H3;/q3*-1;+3. The van der Waals surface area contributed by atoms with Gasteiger partial charge < -0.3 is 11.4 Å². The summed E-state index contributed by atoms with van der Waals surface area (Å²) in [6.45, 7) is 10.2. The summed E-state index contributed by atoms with van der Waals surface area (Å²) in [7, 11) is 0. The molecule has 0 rings (SSSR count). The van der Waals surface area contributed by atoms with Gasteiger partial charge in [-0.05, 0) is 41.5 Å². The van der Waals surface area contributed by atoms with Gasteiger partial charge in [-0.3, -0.25) is 0 Å². The first-order valence-electron chi connectivity index (χ1n) is 4.89. The smallest absolute Gasteiger partial charge is 0.438 e. The molecule has 0 aliphatic rings. The Balaban J connectivity index is 4.53. The van der Waals surface area contributed by atoms with Gasteiger partial charge in [0.1, 0.15) is 15.2 Å². The number of hydrogen-bond donors (Lipinski definition) is 0. The summed E-state index contributed by atoms with van der Waals surface area (Å²) in [6, 6.07) is 0. The molecule has 0 fully saturated rings. The van der Waals surface area contributed by atoms with E-state index in [1.165, 1.54) is 0 Å². The molecule has 0 saturated carbocycles. The van der Waals surface area contributed by atoms with Crippen LogP contribution in [0, 0.1) is 0 Å². The Labute approximate surface area is 118 Å².